The summed E-state index contributed by atoms with van der Waals surface area (Å²) < 4.78 is 36.0. The van der Waals surface area contributed by atoms with Crippen molar-refractivity contribution in [2.75, 3.05) is 11.9 Å². The van der Waals surface area contributed by atoms with Gasteiger partial charge < -0.3 is 15.8 Å². The fraction of sp³-hybridized carbons (Fsp3) is 0.222. The Labute approximate surface area is 91.1 Å². The average Bonchev–Trinajstić information content (AvgIpc) is 2.25. The summed E-state index contributed by atoms with van der Waals surface area (Å²) in [5.74, 6) is 0. The van der Waals surface area contributed by atoms with Gasteiger partial charge in [-0.1, -0.05) is 17.6 Å². The van der Waals surface area contributed by atoms with Crippen LogP contribution in [-0.4, -0.2) is 31.4 Å². The summed E-state index contributed by atoms with van der Waals surface area (Å²) >= 11 is 0. The number of hydrogen-bond acceptors (Lipinski definition) is 3. The predicted molar refractivity (Wildman–Crippen MR) is 57.9 cm³/mol. The zero-order valence-electron chi connectivity index (χ0n) is 8.30. The first kappa shape index (κ1) is 12.6. The minimum Gasteiger partial charge on any atom is -0.449 e. The van der Waals surface area contributed by atoms with Gasteiger partial charge >= 0.3 is 13.7 Å². The van der Waals surface area contributed by atoms with Gasteiger partial charge in [-0.05, 0) is 6.07 Å². The smallest absolute Gasteiger partial charge is 0.405 e. The topological polar surface area (TPSA) is 56.1 Å². The van der Waals surface area contributed by atoms with Crippen LogP contribution < -0.4 is 10.8 Å². The molecule has 7 heteroatoms. The molecule has 0 aliphatic carbocycles. The minimum absolute atomic E-state index is 0.193. The molecule has 3 N–H and O–H groups in total. The molecule has 0 aliphatic heterocycles. The standard InChI is InChI=1S/C9H10BF3N2O/c11-9(12,13)5-15-8-3-7(10-16)2-1-6(8)4-14/h1-4,10,14-16H,5H2. The number of nitrogens with one attached hydrogen (secondary N) is 2. The summed E-state index contributed by atoms with van der Waals surface area (Å²) in [6.45, 7) is -1.16. The molecule has 86 valence electrons. The Hall–Kier alpha value is -1.50. The van der Waals surface area contributed by atoms with Crippen molar-refractivity contribution in [1.29, 1.82) is 5.41 Å². The highest BCUT2D eigenvalue weighted by Gasteiger charge is 2.26. The Kier molecular flexibility index (Phi) is 3.95. The first-order valence-electron chi connectivity index (χ1n) is 4.51. The molecule has 0 saturated heterocycles. The summed E-state index contributed by atoms with van der Waals surface area (Å²) in [6, 6.07) is 4.43. The van der Waals surface area contributed by atoms with E-state index in [-0.39, 0.29) is 13.2 Å². The second kappa shape index (κ2) is 5.02. The third-order valence-electron chi connectivity index (χ3n) is 1.94. The van der Waals surface area contributed by atoms with E-state index in [2.05, 4.69) is 5.32 Å². The number of halogens is 3. The first-order valence-corrected chi connectivity index (χ1v) is 4.51. The van der Waals surface area contributed by atoms with Gasteiger partial charge in [0.2, 0.25) is 0 Å². The van der Waals surface area contributed by atoms with Crippen molar-refractivity contribution in [2.24, 2.45) is 0 Å². The summed E-state index contributed by atoms with van der Waals surface area (Å²) in [7, 11) is -0.251. The van der Waals surface area contributed by atoms with E-state index < -0.39 is 12.7 Å². The van der Waals surface area contributed by atoms with E-state index in [1.54, 1.807) is 6.07 Å². The van der Waals surface area contributed by atoms with Crippen molar-refractivity contribution >= 4 is 24.8 Å². The SMILES string of the molecule is N=Cc1ccc(BO)cc1NCC(F)(F)F. The Morgan fingerprint density at radius 1 is 1.44 bits per heavy atom. The van der Waals surface area contributed by atoms with E-state index in [1.807, 2.05) is 0 Å². The van der Waals surface area contributed by atoms with E-state index in [4.69, 9.17) is 10.4 Å². The molecule has 16 heavy (non-hydrogen) atoms. The monoisotopic (exact) mass is 230 g/mol. The van der Waals surface area contributed by atoms with Crippen LogP contribution in [0, 0.1) is 5.41 Å². The van der Waals surface area contributed by atoms with Gasteiger partial charge in [0.05, 0.1) is 0 Å². The molecule has 0 fully saturated rings. The molecule has 0 spiro atoms. The van der Waals surface area contributed by atoms with Gasteiger partial charge in [0.1, 0.15) is 6.54 Å². The Bertz CT molecular complexity index is 382. The zero-order chi connectivity index (χ0) is 12.2. The summed E-state index contributed by atoms with van der Waals surface area (Å²) in [6.07, 6.45) is -3.35. The number of rotatable bonds is 4. The van der Waals surface area contributed by atoms with Crippen molar-refractivity contribution in [1.82, 2.24) is 0 Å². The zero-order valence-corrected chi connectivity index (χ0v) is 8.30. The van der Waals surface area contributed by atoms with Crippen LogP contribution in [0.1, 0.15) is 5.56 Å². The van der Waals surface area contributed by atoms with Crippen molar-refractivity contribution in [3.8, 4) is 0 Å². The minimum atomic E-state index is -4.31. The van der Waals surface area contributed by atoms with Crippen LogP contribution in [-0.2, 0) is 0 Å². The maximum atomic E-state index is 12.0. The van der Waals surface area contributed by atoms with E-state index >= 15 is 0 Å². The van der Waals surface area contributed by atoms with Crippen molar-refractivity contribution < 1.29 is 18.2 Å². The molecule has 3 nitrogen and oxygen atoms in total. The lowest BCUT2D eigenvalue weighted by atomic mass is 9.87. The molecule has 1 rings (SSSR count). The largest absolute Gasteiger partial charge is 0.449 e. The van der Waals surface area contributed by atoms with Crippen LogP contribution in [0.2, 0.25) is 0 Å². The van der Waals surface area contributed by atoms with Crippen LogP contribution >= 0.6 is 0 Å². The highest BCUT2D eigenvalue weighted by molar-refractivity contribution is 6.45. The van der Waals surface area contributed by atoms with Crippen molar-refractivity contribution in [2.45, 2.75) is 6.18 Å². The van der Waals surface area contributed by atoms with E-state index in [0.717, 1.165) is 6.21 Å². The Balaban J connectivity index is 2.87. The lowest BCUT2D eigenvalue weighted by Gasteiger charge is -2.12. The normalized spacial score (nSPS) is 11.0. The molecular formula is C9H10BF3N2O. The molecule has 0 atom stereocenters. The van der Waals surface area contributed by atoms with E-state index in [9.17, 15) is 13.2 Å². The molecule has 0 heterocycles. The lowest BCUT2D eigenvalue weighted by Crippen LogP contribution is -2.23. The number of anilines is 1. The fourth-order valence-electron chi connectivity index (χ4n) is 1.18. The molecule has 1 aromatic carbocycles. The van der Waals surface area contributed by atoms with Crippen molar-refractivity contribution in [3.63, 3.8) is 0 Å². The third-order valence-corrected chi connectivity index (χ3v) is 1.94. The van der Waals surface area contributed by atoms with Gasteiger partial charge in [0.25, 0.3) is 0 Å². The molecule has 0 aliphatic rings. The molecule has 0 bridgehead atoms. The Morgan fingerprint density at radius 3 is 2.62 bits per heavy atom. The van der Waals surface area contributed by atoms with Crippen LogP contribution in [0.5, 0.6) is 0 Å². The molecule has 0 radical (unpaired) electrons. The number of benzene rings is 1. The van der Waals surface area contributed by atoms with Crippen LogP contribution in [0.25, 0.3) is 0 Å². The third kappa shape index (κ3) is 3.58. The maximum absolute atomic E-state index is 12.0. The van der Waals surface area contributed by atoms with Gasteiger partial charge in [-0.2, -0.15) is 13.2 Å². The van der Waals surface area contributed by atoms with Crippen LogP contribution in [0.15, 0.2) is 18.2 Å². The quantitative estimate of drug-likeness (QED) is 0.524. The first-order chi connectivity index (χ1) is 7.46. The maximum Gasteiger partial charge on any atom is 0.405 e. The highest BCUT2D eigenvalue weighted by Crippen LogP contribution is 2.17. The second-order valence-corrected chi connectivity index (χ2v) is 3.19. The van der Waals surface area contributed by atoms with Crippen LogP contribution in [0.4, 0.5) is 18.9 Å². The molecule has 0 amide bonds. The predicted octanol–water partition coefficient (Wildman–Crippen LogP) is 0.628. The second-order valence-electron chi connectivity index (χ2n) is 3.19. The summed E-state index contributed by atoms with van der Waals surface area (Å²) in [4.78, 5) is 0. The lowest BCUT2D eigenvalue weighted by molar-refractivity contribution is -0.115. The average molecular weight is 230 g/mol. The summed E-state index contributed by atoms with van der Waals surface area (Å²) in [5, 5.41) is 18.1. The van der Waals surface area contributed by atoms with Crippen molar-refractivity contribution in [3.05, 3.63) is 23.8 Å². The van der Waals surface area contributed by atoms with Gasteiger partial charge in [-0.25, -0.2) is 0 Å². The molecule has 0 aromatic heterocycles. The highest BCUT2D eigenvalue weighted by atomic mass is 19.4. The molecule has 1 aromatic rings. The number of alkyl halides is 3. The van der Waals surface area contributed by atoms with Gasteiger partial charge in [0, 0.05) is 17.5 Å². The fourth-order valence-corrected chi connectivity index (χ4v) is 1.18. The van der Waals surface area contributed by atoms with E-state index in [0.29, 0.717) is 11.0 Å². The molecular weight excluding hydrogens is 220 g/mol. The molecule has 0 unspecified atom stereocenters. The molecule has 0 saturated carbocycles. The van der Waals surface area contributed by atoms with Crippen LogP contribution in [0.3, 0.4) is 0 Å². The van der Waals surface area contributed by atoms with Gasteiger partial charge in [-0.3, -0.25) is 0 Å². The van der Waals surface area contributed by atoms with E-state index in [1.165, 1.54) is 12.1 Å². The van der Waals surface area contributed by atoms with Gasteiger partial charge in [-0.15, -0.1) is 0 Å². The Morgan fingerprint density at radius 2 is 2.12 bits per heavy atom. The van der Waals surface area contributed by atoms with Gasteiger partial charge in [0.15, 0.2) is 0 Å². The summed E-state index contributed by atoms with van der Waals surface area (Å²) in [5.41, 5.74) is 1.04. The number of hydrogen-bond donors (Lipinski definition) is 3.